The molecule has 5 atom stereocenters. The third-order valence-corrected chi connectivity index (χ3v) is 5.30. The van der Waals surface area contributed by atoms with Gasteiger partial charge in [-0.15, -0.1) is 0 Å². The highest BCUT2D eigenvalue weighted by Gasteiger charge is 2.46. The number of hydrogen-bond donors (Lipinski definition) is 5. The molecule has 2 rings (SSSR count). The van der Waals surface area contributed by atoms with E-state index in [0.717, 1.165) is 6.20 Å². The van der Waals surface area contributed by atoms with E-state index in [2.05, 4.69) is 15.3 Å². The zero-order valence-corrected chi connectivity index (χ0v) is 19.7. The van der Waals surface area contributed by atoms with Crippen LogP contribution in [0.3, 0.4) is 0 Å². The minimum Gasteiger partial charge on any atom is -0.394 e. The molecule has 1 saturated heterocycles. The standard InChI is InChI=1S/C21H35F3N4O6/c1-19(2,8-25)9-32-10-20(3,4)11-33-18-15(17(31)16(30)12(7-29)34-18)28-14-6-26-5-13(27-14)21(22,23)24/h5-6,12,15-18,29-31H,7-11,25H2,1-4H3,(H,27,28)/t12-,15-,16+,17-,18-/m1/s1. The first kappa shape index (κ1) is 28.6. The molecule has 10 nitrogen and oxygen atoms in total. The van der Waals surface area contributed by atoms with Crippen molar-refractivity contribution >= 4 is 5.82 Å². The van der Waals surface area contributed by atoms with E-state index in [4.69, 9.17) is 19.9 Å². The first-order valence-electron chi connectivity index (χ1n) is 10.9. The number of ether oxygens (including phenoxy) is 3. The van der Waals surface area contributed by atoms with Crippen LogP contribution in [0.25, 0.3) is 0 Å². The van der Waals surface area contributed by atoms with Crippen LogP contribution in [-0.4, -0.2) is 88.9 Å². The van der Waals surface area contributed by atoms with Crippen molar-refractivity contribution in [2.45, 2.75) is 64.5 Å². The SMILES string of the molecule is CC(C)(CN)COCC(C)(C)CO[C@@H]1O[C@H](CO)[C@H](O)[C@H](O)[C@H]1Nc1cncc(C(F)(F)F)n1. The van der Waals surface area contributed by atoms with Crippen LogP contribution in [0, 0.1) is 10.8 Å². The Morgan fingerprint density at radius 1 is 1.06 bits per heavy atom. The Morgan fingerprint density at radius 2 is 1.71 bits per heavy atom. The summed E-state index contributed by atoms with van der Waals surface area (Å²) in [6.45, 7) is 8.37. The first-order valence-corrected chi connectivity index (χ1v) is 10.9. The second-order valence-corrected chi connectivity index (χ2v) is 10.0. The summed E-state index contributed by atoms with van der Waals surface area (Å²) in [5.41, 5.74) is 3.78. The second kappa shape index (κ2) is 11.4. The van der Waals surface area contributed by atoms with Crippen molar-refractivity contribution in [3.63, 3.8) is 0 Å². The van der Waals surface area contributed by atoms with E-state index in [1.165, 1.54) is 0 Å². The molecular formula is C21H35F3N4O6. The second-order valence-electron chi connectivity index (χ2n) is 10.0. The lowest BCUT2D eigenvalue weighted by Gasteiger charge is -2.43. The number of rotatable bonds is 11. The Kier molecular flexibility index (Phi) is 9.61. The van der Waals surface area contributed by atoms with Crippen molar-refractivity contribution in [3.05, 3.63) is 18.1 Å². The van der Waals surface area contributed by atoms with Crippen molar-refractivity contribution in [2.24, 2.45) is 16.6 Å². The quantitative estimate of drug-likeness (QED) is 0.297. The van der Waals surface area contributed by atoms with Gasteiger partial charge in [-0.1, -0.05) is 27.7 Å². The van der Waals surface area contributed by atoms with Crippen LogP contribution in [0.5, 0.6) is 0 Å². The Morgan fingerprint density at radius 3 is 2.29 bits per heavy atom. The molecule has 0 radical (unpaired) electrons. The van der Waals surface area contributed by atoms with E-state index < -0.39 is 54.5 Å². The number of nitrogens with zero attached hydrogens (tertiary/aromatic N) is 2. The Balaban J connectivity index is 2.12. The predicted octanol–water partition coefficient (Wildman–Crippen LogP) is 0.759. The van der Waals surface area contributed by atoms with Crippen LogP contribution in [0.1, 0.15) is 33.4 Å². The van der Waals surface area contributed by atoms with Gasteiger partial charge in [-0.05, 0) is 6.54 Å². The fourth-order valence-electron chi connectivity index (χ4n) is 3.13. The van der Waals surface area contributed by atoms with Gasteiger partial charge >= 0.3 is 6.18 Å². The lowest BCUT2D eigenvalue weighted by molar-refractivity contribution is -0.269. The molecule has 0 aromatic carbocycles. The summed E-state index contributed by atoms with van der Waals surface area (Å²) in [7, 11) is 0. The zero-order valence-electron chi connectivity index (χ0n) is 19.7. The maximum Gasteiger partial charge on any atom is 0.434 e. The number of alkyl halides is 3. The van der Waals surface area contributed by atoms with Crippen LogP contribution in [0.4, 0.5) is 19.0 Å². The highest BCUT2D eigenvalue weighted by molar-refractivity contribution is 5.35. The summed E-state index contributed by atoms with van der Waals surface area (Å²) in [5, 5.41) is 33.0. The smallest absolute Gasteiger partial charge is 0.394 e. The molecule has 0 unspecified atom stereocenters. The molecule has 0 saturated carbocycles. The van der Waals surface area contributed by atoms with Crippen LogP contribution in [0.15, 0.2) is 12.4 Å². The summed E-state index contributed by atoms with van der Waals surface area (Å²) in [4.78, 5) is 7.00. The maximum absolute atomic E-state index is 13.0. The molecule has 1 aliphatic heterocycles. The number of hydrogen-bond acceptors (Lipinski definition) is 10. The first-order chi connectivity index (χ1) is 15.7. The van der Waals surface area contributed by atoms with Crippen LogP contribution >= 0.6 is 0 Å². The van der Waals surface area contributed by atoms with Crippen molar-refractivity contribution in [2.75, 3.05) is 38.3 Å². The molecule has 1 aliphatic rings. The summed E-state index contributed by atoms with van der Waals surface area (Å²) in [5.74, 6) is -0.294. The van der Waals surface area contributed by atoms with E-state index in [9.17, 15) is 28.5 Å². The fraction of sp³-hybridized carbons (Fsp3) is 0.810. The molecule has 0 amide bonds. The monoisotopic (exact) mass is 496 g/mol. The summed E-state index contributed by atoms with van der Waals surface area (Å²) >= 11 is 0. The zero-order chi connectivity index (χ0) is 25.7. The fourth-order valence-corrected chi connectivity index (χ4v) is 3.13. The lowest BCUT2D eigenvalue weighted by Crippen LogP contribution is -2.62. The minimum atomic E-state index is -4.72. The number of aliphatic hydroxyl groups excluding tert-OH is 3. The highest BCUT2D eigenvalue weighted by Crippen LogP contribution is 2.30. The molecule has 34 heavy (non-hydrogen) atoms. The van der Waals surface area contributed by atoms with Gasteiger partial charge in [0.15, 0.2) is 12.0 Å². The van der Waals surface area contributed by atoms with Gasteiger partial charge in [0, 0.05) is 10.8 Å². The van der Waals surface area contributed by atoms with Gasteiger partial charge in [-0.25, -0.2) is 4.98 Å². The highest BCUT2D eigenvalue weighted by atomic mass is 19.4. The lowest BCUT2D eigenvalue weighted by atomic mass is 9.93. The van der Waals surface area contributed by atoms with Gasteiger partial charge < -0.3 is 40.6 Å². The van der Waals surface area contributed by atoms with Crippen molar-refractivity contribution < 1.29 is 42.7 Å². The Hall–Kier alpha value is -1.61. The molecule has 6 N–H and O–H groups in total. The van der Waals surface area contributed by atoms with Crippen LogP contribution in [-0.2, 0) is 20.4 Å². The van der Waals surface area contributed by atoms with E-state index >= 15 is 0 Å². The minimum absolute atomic E-state index is 0.0775. The number of anilines is 1. The molecule has 2 heterocycles. The average Bonchev–Trinajstić information content (AvgIpc) is 2.76. The van der Waals surface area contributed by atoms with E-state index in [0.29, 0.717) is 26.0 Å². The van der Waals surface area contributed by atoms with Crippen molar-refractivity contribution in [3.8, 4) is 0 Å². The Labute approximate surface area is 196 Å². The largest absolute Gasteiger partial charge is 0.434 e. The Bertz CT molecular complexity index is 783. The van der Waals surface area contributed by atoms with Crippen LogP contribution in [0.2, 0.25) is 0 Å². The summed E-state index contributed by atoms with van der Waals surface area (Å²) < 4.78 is 56.2. The molecule has 1 aromatic heterocycles. The number of nitrogens with one attached hydrogen (secondary N) is 1. The van der Waals surface area contributed by atoms with Crippen molar-refractivity contribution in [1.82, 2.24) is 9.97 Å². The molecule has 196 valence electrons. The third kappa shape index (κ3) is 7.97. The van der Waals surface area contributed by atoms with Gasteiger partial charge in [0.05, 0.1) is 38.8 Å². The number of aliphatic hydroxyl groups is 3. The third-order valence-electron chi connectivity index (χ3n) is 5.30. The maximum atomic E-state index is 13.0. The van der Waals surface area contributed by atoms with E-state index in [1.807, 2.05) is 27.7 Å². The normalized spacial score (nSPS) is 26.5. The van der Waals surface area contributed by atoms with E-state index in [1.54, 1.807) is 0 Å². The molecule has 13 heteroatoms. The van der Waals surface area contributed by atoms with Gasteiger partial charge in [0.1, 0.15) is 30.2 Å². The van der Waals surface area contributed by atoms with Gasteiger partial charge in [-0.2, -0.15) is 13.2 Å². The topological polar surface area (TPSA) is 152 Å². The molecule has 0 spiro atoms. The van der Waals surface area contributed by atoms with Gasteiger partial charge in [0.2, 0.25) is 0 Å². The number of aromatic nitrogens is 2. The summed E-state index contributed by atoms with van der Waals surface area (Å²) in [6.07, 6.45) is -8.56. The predicted molar refractivity (Wildman–Crippen MR) is 116 cm³/mol. The molecular weight excluding hydrogens is 461 g/mol. The summed E-state index contributed by atoms with van der Waals surface area (Å²) in [6, 6.07) is -1.21. The molecule has 1 fully saturated rings. The molecule has 1 aromatic rings. The van der Waals surface area contributed by atoms with E-state index in [-0.39, 0.29) is 17.8 Å². The van der Waals surface area contributed by atoms with Gasteiger partial charge in [-0.3, -0.25) is 4.98 Å². The number of halogens is 3. The van der Waals surface area contributed by atoms with Crippen molar-refractivity contribution in [1.29, 1.82) is 0 Å². The van der Waals surface area contributed by atoms with Crippen LogP contribution < -0.4 is 11.1 Å². The molecule has 0 aliphatic carbocycles. The molecule has 0 bridgehead atoms. The average molecular weight is 497 g/mol. The van der Waals surface area contributed by atoms with Gasteiger partial charge in [0.25, 0.3) is 0 Å². The number of nitrogens with two attached hydrogens (primary N) is 1.